The van der Waals surface area contributed by atoms with Gasteiger partial charge in [-0.05, 0) is 23.3 Å². The van der Waals surface area contributed by atoms with E-state index in [2.05, 4.69) is 31.7 Å². The van der Waals surface area contributed by atoms with Gasteiger partial charge in [0.1, 0.15) is 0 Å². The van der Waals surface area contributed by atoms with Crippen molar-refractivity contribution in [2.45, 2.75) is 6.54 Å². The van der Waals surface area contributed by atoms with Crippen LogP contribution in [0, 0.1) is 0 Å². The maximum atomic E-state index is 12.0. The average Bonchev–Trinajstić information content (AvgIpc) is 2.95. The van der Waals surface area contributed by atoms with Gasteiger partial charge in [0.25, 0.3) is 0 Å². The molecule has 2 amide bonds. The molecule has 2 N–H and O–H groups in total. The normalized spacial score (nSPS) is 10.4. The van der Waals surface area contributed by atoms with Crippen LogP contribution in [0.5, 0.6) is 0 Å². The zero-order valence-electron chi connectivity index (χ0n) is 13.2. The molecular formula is C18H17BrN4O. The van der Waals surface area contributed by atoms with Crippen LogP contribution in [0.3, 0.4) is 0 Å². The predicted octanol–water partition coefficient (Wildman–Crippen LogP) is 4.17. The molecule has 0 aliphatic rings. The molecule has 0 bridgehead atoms. The van der Waals surface area contributed by atoms with Gasteiger partial charge >= 0.3 is 6.03 Å². The van der Waals surface area contributed by atoms with Gasteiger partial charge in [-0.25, -0.2) is 4.79 Å². The fraction of sp³-hybridized carbons (Fsp3) is 0.111. The second-order valence-electron chi connectivity index (χ2n) is 5.34. The smallest absolute Gasteiger partial charge is 0.320 e. The molecular weight excluding hydrogens is 368 g/mol. The Hall–Kier alpha value is -2.60. The number of carbonyl (C=O) groups is 1. The van der Waals surface area contributed by atoms with Gasteiger partial charge < -0.3 is 5.32 Å². The second-order valence-corrected chi connectivity index (χ2v) is 6.25. The minimum absolute atomic E-state index is 0.282. The Bertz CT molecular complexity index is 828. The Morgan fingerprint density at radius 1 is 1.12 bits per heavy atom. The zero-order chi connectivity index (χ0) is 16.9. The van der Waals surface area contributed by atoms with Crippen LogP contribution in [-0.4, -0.2) is 15.8 Å². The van der Waals surface area contributed by atoms with Gasteiger partial charge in [-0.1, -0.05) is 58.4 Å². The molecule has 0 saturated heterocycles. The maximum Gasteiger partial charge on any atom is 0.320 e. The molecule has 24 heavy (non-hydrogen) atoms. The average molecular weight is 385 g/mol. The number of nitrogens with one attached hydrogen (secondary N) is 2. The minimum atomic E-state index is -0.282. The summed E-state index contributed by atoms with van der Waals surface area (Å²) < 4.78 is 2.76. The molecule has 6 heteroatoms. The monoisotopic (exact) mass is 384 g/mol. The lowest BCUT2D eigenvalue weighted by Crippen LogP contribution is -2.28. The van der Waals surface area contributed by atoms with E-state index in [-0.39, 0.29) is 6.03 Å². The number of aromatic nitrogens is 2. The first-order valence-electron chi connectivity index (χ1n) is 7.50. The van der Waals surface area contributed by atoms with E-state index in [0.29, 0.717) is 12.4 Å². The Morgan fingerprint density at radius 2 is 1.83 bits per heavy atom. The largest absolute Gasteiger partial charge is 0.334 e. The van der Waals surface area contributed by atoms with Crippen LogP contribution in [0.15, 0.2) is 65.1 Å². The van der Waals surface area contributed by atoms with Crippen molar-refractivity contribution in [3.63, 3.8) is 0 Å². The molecule has 3 rings (SSSR count). The van der Waals surface area contributed by atoms with Gasteiger partial charge in [-0.2, -0.15) is 5.10 Å². The molecule has 0 fully saturated rings. The van der Waals surface area contributed by atoms with E-state index in [1.807, 2.05) is 67.7 Å². The summed E-state index contributed by atoms with van der Waals surface area (Å²) in [5.41, 5.74) is 3.02. The van der Waals surface area contributed by atoms with Gasteiger partial charge in [0.15, 0.2) is 5.82 Å². The molecule has 0 aliphatic carbocycles. The molecule has 0 spiro atoms. The highest BCUT2D eigenvalue weighted by atomic mass is 79.9. The van der Waals surface area contributed by atoms with Gasteiger partial charge in [0.2, 0.25) is 0 Å². The number of amides is 2. The molecule has 2 aromatic carbocycles. The lowest BCUT2D eigenvalue weighted by molar-refractivity contribution is 0.251. The van der Waals surface area contributed by atoms with Gasteiger partial charge in [-0.3, -0.25) is 10.00 Å². The van der Waals surface area contributed by atoms with Crippen LogP contribution < -0.4 is 10.6 Å². The third kappa shape index (κ3) is 4.02. The lowest BCUT2D eigenvalue weighted by atomic mass is 10.1. The molecule has 0 unspecified atom stereocenters. The first kappa shape index (κ1) is 16.3. The highest BCUT2D eigenvalue weighted by Gasteiger charge is 2.09. The quantitative estimate of drug-likeness (QED) is 0.708. The zero-order valence-corrected chi connectivity index (χ0v) is 14.7. The molecule has 5 nitrogen and oxygen atoms in total. The van der Waals surface area contributed by atoms with Crippen LogP contribution in [0.25, 0.3) is 11.3 Å². The number of anilines is 1. The van der Waals surface area contributed by atoms with Crippen molar-refractivity contribution in [2.24, 2.45) is 7.05 Å². The lowest BCUT2D eigenvalue weighted by Gasteiger charge is -2.05. The Morgan fingerprint density at radius 3 is 2.54 bits per heavy atom. The number of benzene rings is 2. The molecule has 122 valence electrons. The van der Waals surface area contributed by atoms with E-state index in [0.717, 1.165) is 21.3 Å². The first-order valence-corrected chi connectivity index (χ1v) is 8.30. The summed E-state index contributed by atoms with van der Waals surface area (Å²) in [5, 5.41) is 9.92. The Kier molecular flexibility index (Phi) is 4.96. The van der Waals surface area contributed by atoms with Crippen LogP contribution in [0.4, 0.5) is 10.6 Å². The summed E-state index contributed by atoms with van der Waals surface area (Å²) in [6.45, 7) is 0.456. The number of urea groups is 1. The summed E-state index contributed by atoms with van der Waals surface area (Å²) in [7, 11) is 1.85. The molecule has 0 atom stereocenters. The molecule has 0 aliphatic heterocycles. The maximum absolute atomic E-state index is 12.0. The van der Waals surface area contributed by atoms with Crippen molar-refractivity contribution < 1.29 is 4.79 Å². The number of carbonyl (C=O) groups excluding carboxylic acids is 1. The van der Waals surface area contributed by atoms with Crippen molar-refractivity contribution in [3.05, 3.63) is 70.7 Å². The highest BCUT2D eigenvalue weighted by molar-refractivity contribution is 9.10. The SMILES string of the molecule is Cn1nc(NC(=O)NCc2ccc(Br)cc2)cc1-c1ccccc1. The summed E-state index contributed by atoms with van der Waals surface area (Å²) in [4.78, 5) is 12.0. The van der Waals surface area contributed by atoms with Crippen molar-refractivity contribution >= 4 is 27.8 Å². The Labute approximate surface area is 148 Å². The second kappa shape index (κ2) is 7.31. The van der Waals surface area contributed by atoms with E-state index >= 15 is 0 Å². The van der Waals surface area contributed by atoms with Crippen molar-refractivity contribution in [2.75, 3.05) is 5.32 Å². The van der Waals surface area contributed by atoms with Gasteiger partial charge in [0.05, 0.1) is 5.69 Å². The van der Waals surface area contributed by atoms with E-state index in [9.17, 15) is 4.79 Å². The van der Waals surface area contributed by atoms with E-state index < -0.39 is 0 Å². The minimum Gasteiger partial charge on any atom is -0.334 e. The number of hydrogen-bond donors (Lipinski definition) is 2. The van der Waals surface area contributed by atoms with Crippen LogP contribution in [0.2, 0.25) is 0 Å². The molecule has 1 aromatic heterocycles. The van der Waals surface area contributed by atoms with Gasteiger partial charge in [-0.15, -0.1) is 0 Å². The van der Waals surface area contributed by atoms with Crippen molar-refractivity contribution in [3.8, 4) is 11.3 Å². The molecule has 0 radical (unpaired) electrons. The highest BCUT2D eigenvalue weighted by Crippen LogP contribution is 2.21. The predicted molar refractivity (Wildman–Crippen MR) is 98.6 cm³/mol. The third-order valence-electron chi connectivity index (χ3n) is 3.56. The van der Waals surface area contributed by atoms with E-state index in [1.54, 1.807) is 4.68 Å². The summed E-state index contributed by atoms with van der Waals surface area (Å²) in [6, 6.07) is 19.3. The topological polar surface area (TPSA) is 59.0 Å². The molecule has 1 heterocycles. The number of rotatable bonds is 4. The number of nitrogens with zero attached hydrogens (tertiary/aromatic N) is 2. The van der Waals surface area contributed by atoms with Crippen LogP contribution >= 0.6 is 15.9 Å². The standard InChI is InChI=1S/C18H17BrN4O/c1-23-16(14-5-3-2-4-6-14)11-17(22-23)21-18(24)20-12-13-7-9-15(19)10-8-13/h2-11H,12H2,1H3,(H2,20,21,22,24). The van der Waals surface area contributed by atoms with Crippen LogP contribution in [-0.2, 0) is 13.6 Å². The molecule has 0 saturated carbocycles. The van der Waals surface area contributed by atoms with E-state index in [4.69, 9.17) is 0 Å². The third-order valence-corrected chi connectivity index (χ3v) is 4.09. The summed E-state index contributed by atoms with van der Waals surface area (Å²) in [5.74, 6) is 0.518. The fourth-order valence-corrected chi connectivity index (χ4v) is 2.62. The fourth-order valence-electron chi connectivity index (χ4n) is 2.35. The van der Waals surface area contributed by atoms with Crippen molar-refractivity contribution in [1.82, 2.24) is 15.1 Å². The number of hydrogen-bond acceptors (Lipinski definition) is 2. The summed E-state index contributed by atoms with van der Waals surface area (Å²) in [6.07, 6.45) is 0. The number of halogens is 1. The molecule has 3 aromatic rings. The summed E-state index contributed by atoms with van der Waals surface area (Å²) >= 11 is 3.39. The van der Waals surface area contributed by atoms with Gasteiger partial charge in [0, 0.05) is 24.1 Å². The number of aryl methyl sites for hydroxylation is 1. The van der Waals surface area contributed by atoms with Crippen molar-refractivity contribution in [1.29, 1.82) is 0 Å². The Balaban J connectivity index is 1.61. The van der Waals surface area contributed by atoms with E-state index in [1.165, 1.54) is 0 Å². The first-order chi connectivity index (χ1) is 11.6. The van der Waals surface area contributed by atoms with Crippen LogP contribution in [0.1, 0.15) is 5.56 Å².